The van der Waals surface area contributed by atoms with E-state index in [1.165, 1.54) is 29.6 Å². The topological polar surface area (TPSA) is 86.8 Å². The molecule has 0 aliphatic heterocycles. The Hall–Kier alpha value is -1.25. The Morgan fingerprint density at radius 2 is 2.38 bits per heavy atom. The molecule has 0 amide bonds. The van der Waals surface area contributed by atoms with Crippen LogP contribution in [-0.4, -0.2) is 26.4 Å². The molecule has 2 heterocycles. The predicted molar refractivity (Wildman–Crippen MR) is 61.2 cm³/mol. The number of nitrogens with zero attached hydrogens (tertiary/aromatic N) is 4. The van der Waals surface area contributed by atoms with Gasteiger partial charge in [-0.15, -0.1) is 0 Å². The number of nitrogens with two attached hydrogens (primary N) is 1. The van der Waals surface area contributed by atoms with Gasteiger partial charge in [-0.1, -0.05) is 0 Å². The molecule has 0 atom stereocenters. The molecule has 6 nitrogen and oxygen atoms in total. The van der Waals surface area contributed by atoms with Crippen molar-refractivity contribution in [2.45, 2.75) is 16.0 Å². The van der Waals surface area contributed by atoms with Gasteiger partial charge >= 0.3 is 0 Å². The third-order valence-electron chi connectivity index (χ3n) is 1.58. The highest BCUT2D eigenvalue weighted by atomic mass is 32.2. The van der Waals surface area contributed by atoms with E-state index >= 15 is 0 Å². The van der Waals surface area contributed by atoms with Crippen molar-refractivity contribution in [2.75, 3.05) is 12.8 Å². The van der Waals surface area contributed by atoms with Gasteiger partial charge in [-0.25, -0.2) is 15.0 Å². The zero-order valence-electron chi connectivity index (χ0n) is 8.45. The second-order valence-corrected chi connectivity index (χ2v) is 4.84. The van der Waals surface area contributed by atoms with Gasteiger partial charge in [0.15, 0.2) is 10.2 Å². The summed E-state index contributed by atoms with van der Waals surface area (Å²) in [4.78, 5) is 12.4. The van der Waals surface area contributed by atoms with Crippen molar-refractivity contribution in [3.63, 3.8) is 0 Å². The molecule has 8 heteroatoms. The van der Waals surface area contributed by atoms with Crippen LogP contribution in [0.5, 0.6) is 0 Å². The molecule has 2 aromatic heterocycles. The molecule has 0 fully saturated rings. The summed E-state index contributed by atoms with van der Waals surface area (Å²) >= 11 is 2.72. The first kappa shape index (κ1) is 11.2. The quantitative estimate of drug-likeness (QED) is 0.821. The highest BCUT2D eigenvalue weighted by Crippen LogP contribution is 2.27. The van der Waals surface area contributed by atoms with Crippen LogP contribution in [-0.2, 0) is 11.3 Å². The monoisotopic (exact) mass is 255 g/mol. The predicted octanol–water partition coefficient (Wildman–Crippen LogP) is 1.21. The van der Waals surface area contributed by atoms with Crippen molar-refractivity contribution in [1.82, 2.24) is 19.3 Å². The Morgan fingerprint density at radius 1 is 1.50 bits per heavy atom. The molecule has 2 rings (SSSR count). The van der Waals surface area contributed by atoms with Gasteiger partial charge in [0.25, 0.3) is 0 Å². The Labute approximate surface area is 100 Å². The van der Waals surface area contributed by atoms with E-state index in [1.54, 1.807) is 13.2 Å². The minimum atomic E-state index is 0.342. The van der Waals surface area contributed by atoms with Crippen LogP contribution in [0.3, 0.4) is 0 Å². The van der Waals surface area contributed by atoms with Gasteiger partial charge in [0.1, 0.15) is 23.8 Å². The molecule has 16 heavy (non-hydrogen) atoms. The summed E-state index contributed by atoms with van der Waals surface area (Å²) in [5.74, 6) is 0.989. The normalized spacial score (nSPS) is 10.6. The Bertz CT molecular complexity index is 461. The van der Waals surface area contributed by atoms with Crippen LogP contribution in [0.15, 0.2) is 21.8 Å². The summed E-state index contributed by atoms with van der Waals surface area (Å²) in [6, 6.07) is 1.70. The summed E-state index contributed by atoms with van der Waals surface area (Å²) in [6.07, 6.45) is 1.51. The van der Waals surface area contributed by atoms with E-state index in [0.717, 1.165) is 9.37 Å². The standard InChI is InChI=1S/C8H9N5OS2/c1-14-3-6-12-5(9)2-7(13-6)15-8-10-4-11-16-8/h2,4H,3H2,1H3,(H2,9,12,13). The average Bonchev–Trinajstić information content (AvgIpc) is 2.70. The van der Waals surface area contributed by atoms with E-state index in [9.17, 15) is 0 Å². The largest absolute Gasteiger partial charge is 0.384 e. The molecule has 0 aliphatic carbocycles. The van der Waals surface area contributed by atoms with Crippen LogP contribution >= 0.6 is 23.3 Å². The lowest BCUT2D eigenvalue weighted by Crippen LogP contribution is -2.01. The van der Waals surface area contributed by atoms with E-state index in [4.69, 9.17) is 10.5 Å². The van der Waals surface area contributed by atoms with Crippen molar-refractivity contribution in [3.8, 4) is 0 Å². The van der Waals surface area contributed by atoms with Crippen LogP contribution in [0.4, 0.5) is 5.82 Å². The van der Waals surface area contributed by atoms with Gasteiger partial charge in [-0.2, -0.15) is 4.37 Å². The molecule has 84 valence electrons. The molecule has 0 spiro atoms. The molecule has 0 radical (unpaired) electrons. The minimum absolute atomic E-state index is 0.342. The molecule has 0 unspecified atom stereocenters. The molecule has 0 saturated carbocycles. The lowest BCUT2D eigenvalue weighted by atomic mass is 10.5. The van der Waals surface area contributed by atoms with Crippen LogP contribution in [0, 0.1) is 0 Å². The summed E-state index contributed by atoms with van der Waals surface area (Å²) in [7, 11) is 1.59. The number of anilines is 1. The van der Waals surface area contributed by atoms with Crippen LogP contribution in [0.25, 0.3) is 0 Å². The van der Waals surface area contributed by atoms with E-state index in [0.29, 0.717) is 18.2 Å². The first-order chi connectivity index (χ1) is 7.78. The Morgan fingerprint density at radius 3 is 3.06 bits per heavy atom. The zero-order valence-corrected chi connectivity index (χ0v) is 10.1. The maximum absolute atomic E-state index is 5.67. The number of aromatic nitrogens is 4. The molecule has 0 bridgehead atoms. The first-order valence-corrected chi connectivity index (χ1v) is 5.94. The minimum Gasteiger partial charge on any atom is -0.384 e. The lowest BCUT2D eigenvalue weighted by molar-refractivity contribution is 0.177. The number of rotatable bonds is 4. The number of hydrogen-bond acceptors (Lipinski definition) is 8. The Kier molecular flexibility index (Phi) is 3.65. The molecular weight excluding hydrogens is 246 g/mol. The molecule has 0 aliphatic rings. The molecule has 0 aromatic carbocycles. The summed E-state index contributed by atoms with van der Waals surface area (Å²) in [5.41, 5.74) is 5.67. The van der Waals surface area contributed by atoms with Gasteiger partial charge < -0.3 is 10.5 Å². The number of ether oxygens (including phenoxy) is 1. The molecule has 0 saturated heterocycles. The second-order valence-electron chi connectivity index (χ2n) is 2.79. The van der Waals surface area contributed by atoms with Crippen molar-refractivity contribution < 1.29 is 4.74 Å². The maximum atomic E-state index is 5.67. The number of methoxy groups -OCH3 is 1. The van der Waals surface area contributed by atoms with Crippen molar-refractivity contribution in [1.29, 1.82) is 0 Å². The smallest absolute Gasteiger partial charge is 0.175 e. The van der Waals surface area contributed by atoms with Crippen molar-refractivity contribution in [3.05, 3.63) is 18.2 Å². The third-order valence-corrected chi connectivity index (χ3v) is 3.21. The van der Waals surface area contributed by atoms with Crippen molar-refractivity contribution in [2.24, 2.45) is 0 Å². The molecule has 2 aromatic rings. The van der Waals surface area contributed by atoms with Crippen molar-refractivity contribution >= 4 is 29.1 Å². The van der Waals surface area contributed by atoms with Crippen LogP contribution in [0.1, 0.15) is 5.82 Å². The van der Waals surface area contributed by atoms with E-state index < -0.39 is 0 Å². The van der Waals surface area contributed by atoms with Gasteiger partial charge in [-0.05, 0) is 23.3 Å². The maximum Gasteiger partial charge on any atom is 0.175 e. The van der Waals surface area contributed by atoms with E-state index in [1.807, 2.05) is 0 Å². The molecular formula is C8H9N5OS2. The number of nitrogen functional groups attached to an aromatic ring is 1. The fourth-order valence-electron chi connectivity index (χ4n) is 1.04. The van der Waals surface area contributed by atoms with Crippen LogP contribution < -0.4 is 5.73 Å². The van der Waals surface area contributed by atoms with Gasteiger partial charge in [-0.3, -0.25) is 0 Å². The van der Waals surface area contributed by atoms with Gasteiger partial charge in [0, 0.05) is 13.2 Å². The zero-order chi connectivity index (χ0) is 11.4. The second kappa shape index (κ2) is 5.19. The molecule has 2 N–H and O–H groups in total. The SMILES string of the molecule is COCc1nc(N)cc(Sc2ncns2)n1. The highest BCUT2D eigenvalue weighted by Gasteiger charge is 2.06. The average molecular weight is 255 g/mol. The van der Waals surface area contributed by atoms with E-state index in [-0.39, 0.29) is 0 Å². The summed E-state index contributed by atoms with van der Waals surface area (Å²) in [6.45, 7) is 0.342. The fraction of sp³-hybridized carbons (Fsp3) is 0.250. The lowest BCUT2D eigenvalue weighted by Gasteiger charge is -2.02. The van der Waals surface area contributed by atoms with Crippen LogP contribution in [0.2, 0.25) is 0 Å². The Balaban J connectivity index is 2.20. The van der Waals surface area contributed by atoms with Gasteiger partial charge in [0.2, 0.25) is 0 Å². The van der Waals surface area contributed by atoms with E-state index in [2.05, 4.69) is 19.3 Å². The third kappa shape index (κ3) is 2.87. The summed E-state index contributed by atoms with van der Waals surface area (Å²) < 4.78 is 9.69. The van der Waals surface area contributed by atoms with Gasteiger partial charge in [0.05, 0.1) is 0 Å². The first-order valence-electron chi connectivity index (χ1n) is 4.35. The summed E-state index contributed by atoms with van der Waals surface area (Å²) in [5, 5.41) is 0.747. The fourth-order valence-corrected chi connectivity index (χ4v) is 2.46. The number of hydrogen-bond donors (Lipinski definition) is 1. The highest BCUT2D eigenvalue weighted by molar-refractivity contribution is 8.00.